The van der Waals surface area contributed by atoms with Gasteiger partial charge in [-0.2, -0.15) is 0 Å². The van der Waals surface area contributed by atoms with Crippen molar-refractivity contribution >= 4 is 11.0 Å². The molecule has 124 valence electrons. The number of fused-ring (bicyclic) bond motifs is 1. The number of benzene rings is 2. The van der Waals surface area contributed by atoms with Gasteiger partial charge in [0, 0.05) is 5.56 Å². The van der Waals surface area contributed by atoms with E-state index in [1.807, 2.05) is 6.92 Å². The van der Waals surface area contributed by atoms with Gasteiger partial charge in [0.1, 0.15) is 22.5 Å². The SMILES string of the molecule is CCCc1ccc(O)c2c(=O)c(O)c(-c3cccc(OC)c3)oc12. The van der Waals surface area contributed by atoms with E-state index in [0.717, 1.165) is 12.0 Å². The summed E-state index contributed by atoms with van der Waals surface area (Å²) in [6.07, 6.45) is 1.56. The molecule has 2 N–H and O–H groups in total. The van der Waals surface area contributed by atoms with Crippen molar-refractivity contribution in [1.82, 2.24) is 0 Å². The molecule has 0 aliphatic rings. The molecule has 0 atom stereocenters. The Labute approximate surface area is 138 Å². The van der Waals surface area contributed by atoms with Crippen LogP contribution < -0.4 is 10.2 Å². The molecule has 24 heavy (non-hydrogen) atoms. The van der Waals surface area contributed by atoms with E-state index < -0.39 is 11.2 Å². The average Bonchev–Trinajstić information content (AvgIpc) is 2.60. The van der Waals surface area contributed by atoms with Gasteiger partial charge >= 0.3 is 0 Å². The number of aryl methyl sites for hydroxylation is 1. The molecule has 0 amide bonds. The zero-order valence-electron chi connectivity index (χ0n) is 13.5. The highest BCUT2D eigenvalue weighted by Crippen LogP contribution is 2.35. The minimum absolute atomic E-state index is 0.00472. The smallest absolute Gasteiger partial charge is 0.238 e. The first kappa shape index (κ1) is 15.9. The van der Waals surface area contributed by atoms with Crippen molar-refractivity contribution in [1.29, 1.82) is 0 Å². The number of phenolic OH excluding ortho intramolecular Hbond substituents is 1. The summed E-state index contributed by atoms with van der Waals surface area (Å²) in [5, 5.41) is 20.3. The third-order valence-electron chi connectivity index (χ3n) is 3.93. The lowest BCUT2D eigenvalue weighted by atomic mass is 10.0. The molecule has 2 aromatic carbocycles. The van der Waals surface area contributed by atoms with Crippen LogP contribution in [0.1, 0.15) is 18.9 Å². The van der Waals surface area contributed by atoms with Crippen molar-refractivity contribution < 1.29 is 19.4 Å². The van der Waals surface area contributed by atoms with Gasteiger partial charge in [0.15, 0.2) is 5.76 Å². The van der Waals surface area contributed by atoms with E-state index in [-0.39, 0.29) is 16.9 Å². The number of methoxy groups -OCH3 is 1. The van der Waals surface area contributed by atoms with Gasteiger partial charge in [-0.3, -0.25) is 4.79 Å². The van der Waals surface area contributed by atoms with Gasteiger partial charge in [0.25, 0.3) is 0 Å². The predicted octanol–water partition coefficient (Wildman–Crippen LogP) is 3.83. The molecular formula is C19H18O5. The number of ether oxygens (including phenoxy) is 1. The van der Waals surface area contributed by atoms with Crippen molar-refractivity contribution in [2.24, 2.45) is 0 Å². The molecule has 1 aromatic heterocycles. The summed E-state index contributed by atoms with van der Waals surface area (Å²) in [6.45, 7) is 2.01. The summed E-state index contributed by atoms with van der Waals surface area (Å²) in [6, 6.07) is 10.1. The molecule has 0 aliphatic carbocycles. The second-order valence-electron chi connectivity index (χ2n) is 5.54. The molecule has 1 heterocycles. The fourth-order valence-electron chi connectivity index (χ4n) is 2.75. The van der Waals surface area contributed by atoms with Crippen LogP contribution in [0.5, 0.6) is 17.2 Å². The Bertz CT molecular complexity index is 956. The number of hydrogen-bond donors (Lipinski definition) is 2. The minimum Gasteiger partial charge on any atom is -0.507 e. The minimum atomic E-state index is -0.649. The predicted molar refractivity (Wildman–Crippen MR) is 91.8 cm³/mol. The van der Waals surface area contributed by atoms with Crippen LogP contribution >= 0.6 is 0 Å². The summed E-state index contributed by atoms with van der Waals surface area (Å²) >= 11 is 0. The summed E-state index contributed by atoms with van der Waals surface area (Å²) in [4.78, 5) is 12.6. The molecule has 0 spiro atoms. The molecule has 5 nitrogen and oxygen atoms in total. The molecule has 0 saturated heterocycles. The Morgan fingerprint density at radius 2 is 1.96 bits per heavy atom. The van der Waals surface area contributed by atoms with E-state index in [0.29, 0.717) is 23.3 Å². The Morgan fingerprint density at radius 3 is 2.67 bits per heavy atom. The lowest BCUT2D eigenvalue weighted by Crippen LogP contribution is -2.04. The summed E-state index contributed by atoms with van der Waals surface area (Å²) in [7, 11) is 1.53. The van der Waals surface area contributed by atoms with Crippen LogP contribution in [0.15, 0.2) is 45.6 Å². The van der Waals surface area contributed by atoms with Gasteiger partial charge < -0.3 is 19.4 Å². The number of rotatable bonds is 4. The lowest BCUT2D eigenvalue weighted by Gasteiger charge is -2.11. The van der Waals surface area contributed by atoms with E-state index in [9.17, 15) is 15.0 Å². The van der Waals surface area contributed by atoms with Gasteiger partial charge in [0.2, 0.25) is 11.2 Å². The van der Waals surface area contributed by atoms with Crippen LogP contribution in [0.3, 0.4) is 0 Å². The third-order valence-corrected chi connectivity index (χ3v) is 3.93. The standard InChI is InChI=1S/C19H18O5/c1-3-5-11-8-9-14(20)15-16(21)17(22)19(24-18(11)15)12-6-4-7-13(10-12)23-2/h4,6-10,20,22H,3,5H2,1-2H3. The van der Waals surface area contributed by atoms with Crippen LogP contribution in [-0.2, 0) is 6.42 Å². The van der Waals surface area contributed by atoms with Crippen LogP contribution in [0, 0.1) is 0 Å². The second kappa shape index (κ2) is 6.28. The largest absolute Gasteiger partial charge is 0.507 e. The van der Waals surface area contributed by atoms with Gasteiger partial charge in [-0.15, -0.1) is 0 Å². The average molecular weight is 326 g/mol. The highest BCUT2D eigenvalue weighted by molar-refractivity contribution is 5.89. The maximum absolute atomic E-state index is 12.6. The van der Waals surface area contributed by atoms with Crippen molar-refractivity contribution in [3.8, 4) is 28.6 Å². The normalized spacial score (nSPS) is 10.9. The monoisotopic (exact) mass is 326 g/mol. The number of aromatic hydroxyl groups is 2. The molecule has 0 saturated carbocycles. The van der Waals surface area contributed by atoms with E-state index in [1.165, 1.54) is 13.2 Å². The van der Waals surface area contributed by atoms with Crippen LogP contribution in [0.25, 0.3) is 22.3 Å². The fourth-order valence-corrected chi connectivity index (χ4v) is 2.75. The quantitative estimate of drug-likeness (QED) is 0.761. The molecule has 0 fully saturated rings. The third kappa shape index (κ3) is 2.58. The molecule has 0 aliphatic heterocycles. The van der Waals surface area contributed by atoms with Crippen molar-refractivity contribution in [3.63, 3.8) is 0 Å². The topological polar surface area (TPSA) is 79.9 Å². The Hall–Kier alpha value is -2.95. The maximum Gasteiger partial charge on any atom is 0.238 e. The van der Waals surface area contributed by atoms with Gasteiger partial charge in [-0.25, -0.2) is 0 Å². The second-order valence-corrected chi connectivity index (χ2v) is 5.54. The molecular weight excluding hydrogens is 308 g/mol. The zero-order chi connectivity index (χ0) is 17.3. The van der Waals surface area contributed by atoms with Gasteiger partial charge in [-0.1, -0.05) is 31.5 Å². The first-order chi connectivity index (χ1) is 11.6. The highest BCUT2D eigenvalue weighted by Gasteiger charge is 2.20. The molecule has 0 bridgehead atoms. The Kier molecular flexibility index (Phi) is 4.16. The van der Waals surface area contributed by atoms with E-state index in [2.05, 4.69) is 0 Å². The lowest BCUT2D eigenvalue weighted by molar-refractivity contribution is 0.414. The van der Waals surface area contributed by atoms with E-state index >= 15 is 0 Å². The van der Waals surface area contributed by atoms with Crippen LogP contribution in [0.4, 0.5) is 0 Å². The van der Waals surface area contributed by atoms with Gasteiger partial charge in [-0.05, 0) is 30.2 Å². The fraction of sp³-hybridized carbons (Fsp3) is 0.211. The van der Waals surface area contributed by atoms with E-state index in [4.69, 9.17) is 9.15 Å². The van der Waals surface area contributed by atoms with E-state index in [1.54, 1.807) is 30.3 Å². The summed E-state index contributed by atoms with van der Waals surface area (Å²) in [5.74, 6) is -0.0838. The molecule has 0 radical (unpaired) electrons. The first-order valence-electron chi connectivity index (χ1n) is 7.71. The highest BCUT2D eigenvalue weighted by atomic mass is 16.5. The molecule has 3 rings (SSSR count). The van der Waals surface area contributed by atoms with Crippen molar-refractivity contribution in [2.75, 3.05) is 7.11 Å². The first-order valence-corrected chi connectivity index (χ1v) is 7.71. The molecule has 3 aromatic rings. The van der Waals surface area contributed by atoms with Gasteiger partial charge in [0.05, 0.1) is 7.11 Å². The Balaban J connectivity index is 2.35. The van der Waals surface area contributed by atoms with Crippen LogP contribution in [-0.4, -0.2) is 17.3 Å². The van der Waals surface area contributed by atoms with Crippen LogP contribution in [0.2, 0.25) is 0 Å². The zero-order valence-corrected chi connectivity index (χ0v) is 13.5. The summed E-state index contributed by atoms with van der Waals surface area (Å²) in [5.41, 5.74) is 0.991. The number of phenols is 1. The molecule has 0 unspecified atom stereocenters. The molecule has 5 heteroatoms. The van der Waals surface area contributed by atoms with Crippen molar-refractivity contribution in [2.45, 2.75) is 19.8 Å². The number of hydrogen-bond acceptors (Lipinski definition) is 5. The van der Waals surface area contributed by atoms with Crippen molar-refractivity contribution in [3.05, 3.63) is 52.2 Å². The maximum atomic E-state index is 12.6. The summed E-state index contributed by atoms with van der Waals surface area (Å²) < 4.78 is 11.0. The Morgan fingerprint density at radius 1 is 1.17 bits per heavy atom.